The number of hydrogen-bond donors (Lipinski definition) is 1. The van der Waals surface area contributed by atoms with Crippen molar-refractivity contribution in [1.29, 1.82) is 0 Å². The van der Waals surface area contributed by atoms with Crippen LogP contribution in [-0.4, -0.2) is 25.8 Å². The van der Waals surface area contributed by atoms with E-state index in [0.29, 0.717) is 11.6 Å². The van der Waals surface area contributed by atoms with E-state index in [9.17, 15) is 0 Å². The molecule has 0 radical (unpaired) electrons. The summed E-state index contributed by atoms with van der Waals surface area (Å²) < 4.78 is 5.13. The maximum atomic E-state index is 5.13. The zero-order valence-corrected chi connectivity index (χ0v) is 8.16. The minimum Gasteiger partial charge on any atom is -0.352 e. The van der Waals surface area contributed by atoms with Crippen LogP contribution in [0.3, 0.4) is 0 Å². The van der Waals surface area contributed by atoms with E-state index in [0.717, 1.165) is 11.3 Å². The molecule has 3 rings (SSSR count). The molecule has 6 nitrogen and oxygen atoms in total. The predicted molar refractivity (Wildman–Crippen MR) is 55.1 cm³/mol. The lowest BCUT2D eigenvalue weighted by Gasteiger charge is -1.90. The lowest BCUT2D eigenvalue weighted by atomic mass is 10.1. The van der Waals surface area contributed by atoms with E-state index in [1.165, 1.54) is 0 Å². The van der Waals surface area contributed by atoms with Gasteiger partial charge in [-0.3, -0.25) is 0 Å². The zero-order chi connectivity index (χ0) is 10.8. The highest BCUT2D eigenvalue weighted by molar-refractivity contribution is 5.63. The molecule has 6 heteroatoms. The second kappa shape index (κ2) is 3.58. The van der Waals surface area contributed by atoms with Gasteiger partial charge in [-0.25, -0.2) is 0 Å². The zero-order valence-electron chi connectivity index (χ0n) is 8.16. The summed E-state index contributed by atoms with van der Waals surface area (Å²) in [6.07, 6.45) is 0. The molecule has 0 aliphatic carbocycles. The Morgan fingerprint density at radius 1 is 1.12 bits per heavy atom. The Kier molecular flexibility index (Phi) is 1.96. The van der Waals surface area contributed by atoms with Gasteiger partial charge in [0.25, 0.3) is 0 Å². The highest BCUT2D eigenvalue weighted by Crippen LogP contribution is 2.22. The number of benzene rings is 1. The third kappa shape index (κ3) is 1.46. The van der Waals surface area contributed by atoms with Gasteiger partial charge in [0.05, 0.1) is 0 Å². The monoisotopic (exact) mass is 213 g/mol. The van der Waals surface area contributed by atoms with Gasteiger partial charge in [-0.15, -0.1) is 10.2 Å². The van der Waals surface area contributed by atoms with E-state index in [2.05, 4.69) is 25.8 Å². The highest BCUT2D eigenvalue weighted by atomic mass is 16.5. The molecular weight excluding hydrogens is 206 g/mol. The molecule has 0 aliphatic rings. The standard InChI is InChI=1S/C10H7N5O/c1-2-4-7(5-3-1)8-6-9(16-13-8)10-11-14-15-12-10/h1-6H,(H,11,12,14,15). The molecule has 2 aromatic heterocycles. The summed E-state index contributed by atoms with van der Waals surface area (Å²) in [7, 11) is 0. The highest BCUT2D eigenvalue weighted by Gasteiger charge is 2.11. The molecule has 0 atom stereocenters. The van der Waals surface area contributed by atoms with Crippen LogP contribution >= 0.6 is 0 Å². The lowest BCUT2D eigenvalue weighted by molar-refractivity contribution is 0.432. The fourth-order valence-electron chi connectivity index (χ4n) is 1.39. The van der Waals surface area contributed by atoms with Crippen molar-refractivity contribution in [3.05, 3.63) is 36.4 Å². The van der Waals surface area contributed by atoms with Gasteiger partial charge in [0, 0.05) is 11.6 Å². The predicted octanol–water partition coefficient (Wildman–Crippen LogP) is 1.52. The number of H-pyrrole nitrogens is 1. The fourth-order valence-corrected chi connectivity index (χ4v) is 1.39. The summed E-state index contributed by atoms with van der Waals surface area (Å²) in [5.74, 6) is 0.891. The average Bonchev–Trinajstić information content (AvgIpc) is 3.01. The Balaban J connectivity index is 2.00. The first kappa shape index (κ1) is 8.78. The summed E-state index contributed by atoms with van der Waals surface area (Å²) in [6.45, 7) is 0. The first-order chi connectivity index (χ1) is 7.93. The molecule has 0 unspecified atom stereocenters. The van der Waals surface area contributed by atoms with Crippen LogP contribution in [0, 0.1) is 0 Å². The molecule has 0 saturated heterocycles. The molecule has 16 heavy (non-hydrogen) atoms. The van der Waals surface area contributed by atoms with Crippen LogP contribution in [0.2, 0.25) is 0 Å². The summed E-state index contributed by atoms with van der Waals surface area (Å²) in [6, 6.07) is 11.5. The number of nitrogens with zero attached hydrogens (tertiary/aromatic N) is 4. The minimum atomic E-state index is 0.398. The topological polar surface area (TPSA) is 80.5 Å². The van der Waals surface area contributed by atoms with Gasteiger partial charge in [0.15, 0.2) is 0 Å². The van der Waals surface area contributed by atoms with Gasteiger partial charge < -0.3 is 4.52 Å². The lowest BCUT2D eigenvalue weighted by Crippen LogP contribution is -1.76. The van der Waals surface area contributed by atoms with E-state index >= 15 is 0 Å². The normalized spacial score (nSPS) is 10.5. The Bertz CT molecular complexity index is 572. The van der Waals surface area contributed by atoms with Crippen molar-refractivity contribution in [2.24, 2.45) is 0 Å². The average molecular weight is 213 g/mol. The summed E-state index contributed by atoms with van der Waals surface area (Å²) in [5, 5.41) is 17.4. The maximum absolute atomic E-state index is 5.13. The number of nitrogens with one attached hydrogen (secondary N) is 1. The Morgan fingerprint density at radius 3 is 2.75 bits per heavy atom. The van der Waals surface area contributed by atoms with Crippen LogP contribution in [0.1, 0.15) is 0 Å². The number of tetrazole rings is 1. The van der Waals surface area contributed by atoms with Crippen molar-refractivity contribution in [3.63, 3.8) is 0 Å². The van der Waals surface area contributed by atoms with Gasteiger partial charge >= 0.3 is 0 Å². The fraction of sp³-hybridized carbons (Fsp3) is 0. The molecule has 1 N–H and O–H groups in total. The molecule has 1 aromatic carbocycles. The third-order valence-electron chi connectivity index (χ3n) is 2.15. The molecule has 0 amide bonds. The minimum absolute atomic E-state index is 0.398. The largest absolute Gasteiger partial charge is 0.352 e. The summed E-state index contributed by atoms with van der Waals surface area (Å²) in [5.41, 5.74) is 1.74. The second-order valence-corrected chi connectivity index (χ2v) is 3.18. The molecule has 0 saturated carbocycles. The van der Waals surface area contributed by atoms with E-state index in [1.54, 1.807) is 6.07 Å². The van der Waals surface area contributed by atoms with Gasteiger partial charge in [-0.1, -0.05) is 35.5 Å². The Morgan fingerprint density at radius 2 is 2.00 bits per heavy atom. The van der Waals surface area contributed by atoms with Crippen molar-refractivity contribution < 1.29 is 4.52 Å². The van der Waals surface area contributed by atoms with Gasteiger partial charge in [0.2, 0.25) is 11.6 Å². The van der Waals surface area contributed by atoms with Crippen LogP contribution in [0.25, 0.3) is 22.8 Å². The molecule has 2 heterocycles. The van der Waals surface area contributed by atoms with E-state index < -0.39 is 0 Å². The van der Waals surface area contributed by atoms with Crippen molar-refractivity contribution in [2.45, 2.75) is 0 Å². The molecule has 0 aliphatic heterocycles. The number of rotatable bonds is 2. The number of aromatic nitrogens is 5. The smallest absolute Gasteiger partial charge is 0.242 e. The van der Waals surface area contributed by atoms with Crippen LogP contribution in [0.15, 0.2) is 40.9 Å². The van der Waals surface area contributed by atoms with Crippen LogP contribution in [0.4, 0.5) is 0 Å². The van der Waals surface area contributed by atoms with E-state index in [4.69, 9.17) is 4.52 Å². The van der Waals surface area contributed by atoms with Crippen LogP contribution < -0.4 is 0 Å². The first-order valence-electron chi connectivity index (χ1n) is 4.69. The number of aromatic amines is 1. The summed E-state index contributed by atoms with van der Waals surface area (Å²) >= 11 is 0. The molecule has 0 fully saturated rings. The van der Waals surface area contributed by atoms with Crippen molar-refractivity contribution in [2.75, 3.05) is 0 Å². The van der Waals surface area contributed by atoms with Crippen molar-refractivity contribution >= 4 is 0 Å². The van der Waals surface area contributed by atoms with Gasteiger partial charge in [-0.05, 0) is 5.21 Å². The molecule has 0 spiro atoms. The SMILES string of the molecule is c1ccc(-c2cc(-c3nn[nH]n3)on2)cc1. The molecule has 78 valence electrons. The van der Waals surface area contributed by atoms with E-state index in [1.807, 2.05) is 30.3 Å². The quantitative estimate of drug-likeness (QED) is 0.698. The summed E-state index contributed by atoms with van der Waals surface area (Å²) in [4.78, 5) is 0. The second-order valence-electron chi connectivity index (χ2n) is 3.18. The van der Waals surface area contributed by atoms with Crippen LogP contribution in [-0.2, 0) is 0 Å². The van der Waals surface area contributed by atoms with Crippen LogP contribution in [0.5, 0.6) is 0 Å². The van der Waals surface area contributed by atoms with E-state index in [-0.39, 0.29) is 0 Å². The maximum Gasteiger partial charge on any atom is 0.242 e. The molecule has 3 aromatic rings. The van der Waals surface area contributed by atoms with Gasteiger partial charge in [0.1, 0.15) is 5.69 Å². The first-order valence-corrected chi connectivity index (χ1v) is 4.69. The van der Waals surface area contributed by atoms with Crippen molar-refractivity contribution in [3.8, 4) is 22.8 Å². The Hall–Kier alpha value is -2.50. The third-order valence-corrected chi connectivity index (χ3v) is 2.15. The van der Waals surface area contributed by atoms with Gasteiger partial charge in [-0.2, -0.15) is 5.21 Å². The number of hydrogen-bond acceptors (Lipinski definition) is 5. The van der Waals surface area contributed by atoms with Crippen molar-refractivity contribution in [1.82, 2.24) is 25.8 Å². The molecule has 0 bridgehead atoms. The Labute approximate surface area is 90.3 Å². The molecular formula is C10H7N5O.